The third kappa shape index (κ3) is 2.70. The molecule has 0 atom stereocenters. The summed E-state index contributed by atoms with van der Waals surface area (Å²) in [5.41, 5.74) is 0.313. The van der Waals surface area contributed by atoms with Crippen molar-refractivity contribution in [2.24, 2.45) is 0 Å². The van der Waals surface area contributed by atoms with E-state index in [4.69, 9.17) is 23.2 Å². The summed E-state index contributed by atoms with van der Waals surface area (Å²) < 4.78 is 0. The summed E-state index contributed by atoms with van der Waals surface area (Å²) in [5.74, 6) is 0.0562. The normalized spacial score (nSPS) is 17.9. The van der Waals surface area contributed by atoms with Crippen LogP contribution in [-0.4, -0.2) is 23.9 Å². The maximum absolute atomic E-state index is 11.3. The Morgan fingerprint density at radius 3 is 2.42 bits per heavy atom. The molecule has 1 aromatic carbocycles. The Hall–Kier alpha value is -1.24. The molecule has 0 saturated carbocycles. The van der Waals surface area contributed by atoms with Gasteiger partial charge < -0.3 is 4.90 Å². The minimum atomic E-state index is -0.569. The van der Waals surface area contributed by atoms with Gasteiger partial charge in [0.2, 0.25) is 5.91 Å². The number of likely N-dealkylation sites (tertiary alicyclic amines) is 1. The number of nitrogens with zero attached hydrogens (tertiary/aromatic N) is 2. The Morgan fingerprint density at radius 1 is 1.32 bits per heavy atom. The number of hydrogen-bond donors (Lipinski definition) is 0. The van der Waals surface area contributed by atoms with Crippen LogP contribution in [0.3, 0.4) is 0 Å². The molecule has 0 bridgehead atoms. The quantitative estimate of drug-likeness (QED) is 0.797. The van der Waals surface area contributed by atoms with Gasteiger partial charge in [-0.25, -0.2) is 0 Å². The first-order valence-electron chi connectivity index (χ1n) is 6.11. The number of rotatable bonds is 1. The molecule has 1 aliphatic heterocycles. The predicted octanol–water partition coefficient (Wildman–Crippen LogP) is 3.40. The van der Waals surface area contributed by atoms with E-state index in [-0.39, 0.29) is 5.91 Å². The van der Waals surface area contributed by atoms with Crippen molar-refractivity contribution < 1.29 is 4.79 Å². The Bertz CT molecular complexity index is 543. The van der Waals surface area contributed by atoms with E-state index in [1.54, 1.807) is 24.0 Å². The van der Waals surface area contributed by atoms with Crippen molar-refractivity contribution in [3.8, 4) is 6.07 Å². The summed E-state index contributed by atoms with van der Waals surface area (Å²) >= 11 is 11.9. The van der Waals surface area contributed by atoms with E-state index in [0.29, 0.717) is 36.0 Å². The highest BCUT2D eigenvalue weighted by atomic mass is 35.5. The fraction of sp³-hybridized carbons (Fsp3) is 0.429. The van der Waals surface area contributed by atoms with Crippen LogP contribution in [0.5, 0.6) is 0 Å². The predicted molar refractivity (Wildman–Crippen MR) is 75.2 cm³/mol. The van der Waals surface area contributed by atoms with Crippen molar-refractivity contribution in [3.63, 3.8) is 0 Å². The summed E-state index contributed by atoms with van der Waals surface area (Å²) in [6.07, 6.45) is 1.25. The Kier molecular flexibility index (Phi) is 4.03. The van der Waals surface area contributed by atoms with Gasteiger partial charge in [-0.05, 0) is 30.5 Å². The summed E-state index contributed by atoms with van der Waals surface area (Å²) in [7, 11) is 0. The maximum Gasteiger partial charge on any atom is 0.219 e. The molecule has 5 heteroatoms. The van der Waals surface area contributed by atoms with Gasteiger partial charge in [-0.1, -0.05) is 29.3 Å². The molecule has 0 aliphatic carbocycles. The lowest BCUT2D eigenvalue weighted by Crippen LogP contribution is -2.43. The molecule has 1 fully saturated rings. The molecule has 1 amide bonds. The molecule has 2 rings (SSSR count). The first-order chi connectivity index (χ1) is 8.98. The molecule has 1 heterocycles. The number of nitriles is 1. The van der Waals surface area contributed by atoms with E-state index < -0.39 is 5.41 Å². The van der Waals surface area contributed by atoms with Gasteiger partial charge in [0.25, 0.3) is 0 Å². The van der Waals surface area contributed by atoms with Crippen LogP contribution >= 0.6 is 23.2 Å². The van der Waals surface area contributed by atoms with Crippen molar-refractivity contribution in [2.45, 2.75) is 25.2 Å². The molecule has 0 unspecified atom stereocenters. The van der Waals surface area contributed by atoms with Crippen molar-refractivity contribution in [1.82, 2.24) is 4.90 Å². The molecule has 3 nitrogen and oxygen atoms in total. The number of halogens is 2. The number of carbonyl (C=O) groups is 1. The van der Waals surface area contributed by atoms with Gasteiger partial charge >= 0.3 is 0 Å². The molecule has 0 spiro atoms. The standard InChI is InChI=1S/C14H14Cl2N2O/c1-10(19)18-6-4-14(9-17,5-7-18)11-2-3-12(15)13(16)8-11/h2-3,8H,4-7H2,1H3. The highest BCUT2D eigenvalue weighted by Crippen LogP contribution is 2.37. The van der Waals surface area contributed by atoms with Crippen LogP contribution in [0, 0.1) is 11.3 Å². The Balaban J connectivity index is 2.28. The second-order valence-corrected chi connectivity index (χ2v) is 5.64. The van der Waals surface area contributed by atoms with E-state index in [1.807, 2.05) is 6.07 Å². The molecular formula is C14H14Cl2N2O. The van der Waals surface area contributed by atoms with Gasteiger partial charge in [-0.2, -0.15) is 5.26 Å². The van der Waals surface area contributed by atoms with Gasteiger partial charge in [0, 0.05) is 20.0 Å². The smallest absolute Gasteiger partial charge is 0.219 e. The zero-order chi connectivity index (χ0) is 14.0. The average molecular weight is 297 g/mol. The van der Waals surface area contributed by atoms with Crippen LogP contribution in [0.15, 0.2) is 18.2 Å². The van der Waals surface area contributed by atoms with E-state index in [9.17, 15) is 10.1 Å². The largest absolute Gasteiger partial charge is 0.343 e. The molecule has 0 radical (unpaired) electrons. The lowest BCUT2D eigenvalue weighted by atomic mass is 9.74. The fourth-order valence-electron chi connectivity index (χ4n) is 2.46. The third-order valence-electron chi connectivity index (χ3n) is 3.75. The van der Waals surface area contributed by atoms with Crippen molar-refractivity contribution >= 4 is 29.1 Å². The second-order valence-electron chi connectivity index (χ2n) is 4.83. The van der Waals surface area contributed by atoms with E-state index in [1.165, 1.54) is 0 Å². The minimum absolute atomic E-state index is 0.0562. The molecule has 19 heavy (non-hydrogen) atoms. The van der Waals surface area contributed by atoms with Crippen LogP contribution in [0.2, 0.25) is 10.0 Å². The molecule has 1 saturated heterocycles. The van der Waals surface area contributed by atoms with Gasteiger partial charge in [-0.3, -0.25) is 4.79 Å². The van der Waals surface area contributed by atoms with Gasteiger partial charge in [0.15, 0.2) is 0 Å². The van der Waals surface area contributed by atoms with Crippen LogP contribution in [0.25, 0.3) is 0 Å². The number of benzene rings is 1. The topological polar surface area (TPSA) is 44.1 Å². The van der Waals surface area contributed by atoms with E-state index in [0.717, 1.165) is 5.56 Å². The Morgan fingerprint density at radius 2 is 1.95 bits per heavy atom. The first-order valence-corrected chi connectivity index (χ1v) is 6.86. The van der Waals surface area contributed by atoms with E-state index >= 15 is 0 Å². The van der Waals surface area contributed by atoms with E-state index in [2.05, 4.69) is 6.07 Å². The minimum Gasteiger partial charge on any atom is -0.343 e. The van der Waals surface area contributed by atoms with Crippen molar-refractivity contribution in [2.75, 3.05) is 13.1 Å². The molecule has 1 aromatic rings. The highest BCUT2D eigenvalue weighted by molar-refractivity contribution is 6.42. The van der Waals surface area contributed by atoms with Crippen LogP contribution in [0.4, 0.5) is 0 Å². The number of hydrogen-bond acceptors (Lipinski definition) is 2. The molecule has 100 valence electrons. The molecule has 0 N–H and O–H groups in total. The summed E-state index contributed by atoms with van der Waals surface area (Å²) in [5, 5.41) is 10.5. The number of piperidine rings is 1. The molecular weight excluding hydrogens is 283 g/mol. The molecule has 1 aliphatic rings. The monoisotopic (exact) mass is 296 g/mol. The van der Waals surface area contributed by atoms with Gasteiger partial charge in [0.05, 0.1) is 21.5 Å². The second kappa shape index (κ2) is 5.40. The fourth-order valence-corrected chi connectivity index (χ4v) is 2.76. The lowest BCUT2D eigenvalue weighted by Gasteiger charge is -2.37. The summed E-state index contributed by atoms with van der Waals surface area (Å²) in [4.78, 5) is 13.1. The Labute approximate surface area is 122 Å². The van der Waals surface area contributed by atoms with Crippen molar-refractivity contribution in [3.05, 3.63) is 33.8 Å². The first kappa shape index (κ1) is 14.2. The highest BCUT2D eigenvalue weighted by Gasteiger charge is 2.37. The van der Waals surface area contributed by atoms with Gasteiger partial charge in [0.1, 0.15) is 0 Å². The van der Waals surface area contributed by atoms with Crippen LogP contribution < -0.4 is 0 Å². The SMILES string of the molecule is CC(=O)N1CCC(C#N)(c2ccc(Cl)c(Cl)c2)CC1. The van der Waals surface area contributed by atoms with Crippen LogP contribution in [-0.2, 0) is 10.2 Å². The van der Waals surface area contributed by atoms with Gasteiger partial charge in [-0.15, -0.1) is 0 Å². The number of amides is 1. The summed E-state index contributed by atoms with van der Waals surface area (Å²) in [6, 6.07) is 7.73. The van der Waals surface area contributed by atoms with Crippen LogP contribution in [0.1, 0.15) is 25.3 Å². The molecule has 0 aromatic heterocycles. The zero-order valence-corrected chi connectivity index (χ0v) is 12.1. The van der Waals surface area contributed by atoms with Crippen molar-refractivity contribution in [1.29, 1.82) is 5.26 Å². The maximum atomic E-state index is 11.3. The number of carbonyl (C=O) groups excluding carboxylic acids is 1. The summed E-state index contributed by atoms with van der Waals surface area (Å²) in [6.45, 7) is 2.75. The zero-order valence-electron chi connectivity index (χ0n) is 10.6. The average Bonchev–Trinajstić information content (AvgIpc) is 2.42. The lowest BCUT2D eigenvalue weighted by molar-refractivity contribution is -0.130. The third-order valence-corrected chi connectivity index (χ3v) is 4.49.